The van der Waals surface area contributed by atoms with Crippen molar-refractivity contribution >= 4 is 27.5 Å². The van der Waals surface area contributed by atoms with E-state index in [0.717, 1.165) is 15.9 Å². The summed E-state index contributed by atoms with van der Waals surface area (Å²) in [5.74, 6) is -0.108. The van der Waals surface area contributed by atoms with Crippen LogP contribution in [0.5, 0.6) is 0 Å². The number of nitrogens with two attached hydrogens (primary N) is 1. The summed E-state index contributed by atoms with van der Waals surface area (Å²) >= 11 is 3.38. The van der Waals surface area contributed by atoms with Crippen molar-refractivity contribution in [1.29, 1.82) is 0 Å². The Kier molecular flexibility index (Phi) is 4.11. The van der Waals surface area contributed by atoms with Crippen molar-refractivity contribution in [3.05, 3.63) is 47.0 Å². The maximum Gasteiger partial charge on any atom is 0.244 e. The second-order valence-corrected chi connectivity index (χ2v) is 4.62. The average Bonchev–Trinajstić information content (AvgIpc) is 2.80. The number of amides is 1. The Labute approximate surface area is 113 Å². The van der Waals surface area contributed by atoms with Gasteiger partial charge in [0.25, 0.3) is 0 Å². The topological polar surface area (TPSA) is 72.9 Å². The van der Waals surface area contributed by atoms with E-state index in [1.807, 2.05) is 24.3 Å². The lowest BCUT2D eigenvalue weighted by atomic mass is 10.3. The highest BCUT2D eigenvalue weighted by Gasteiger charge is 2.06. The smallest absolute Gasteiger partial charge is 0.244 e. The molecule has 0 spiro atoms. The summed E-state index contributed by atoms with van der Waals surface area (Å²) < 4.78 is 2.56. The first-order chi connectivity index (χ1) is 8.69. The van der Waals surface area contributed by atoms with E-state index < -0.39 is 0 Å². The number of rotatable bonds is 4. The molecule has 1 aromatic heterocycles. The summed E-state index contributed by atoms with van der Waals surface area (Å²) in [4.78, 5) is 15.9. The molecule has 0 saturated heterocycles. The van der Waals surface area contributed by atoms with Gasteiger partial charge in [-0.1, -0.05) is 12.1 Å². The lowest BCUT2D eigenvalue weighted by Crippen LogP contribution is -2.18. The van der Waals surface area contributed by atoms with Gasteiger partial charge in [-0.05, 0) is 28.1 Å². The lowest BCUT2D eigenvalue weighted by molar-refractivity contribution is -0.116. The van der Waals surface area contributed by atoms with Gasteiger partial charge >= 0.3 is 0 Å². The zero-order valence-electron chi connectivity index (χ0n) is 9.64. The summed E-state index contributed by atoms with van der Waals surface area (Å²) in [6.45, 7) is 0.590. The van der Waals surface area contributed by atoms with Crippen molar-refractivity contribution < 1.29 is 4.79 Å². The van der Waals surface area contributed by atoms with Gasteiger partial charge in [0.2, 0.25) is 5.91 Å². The normalized spacial score (nSPS) is 10.3. The number of nitrogens with one attached hydrogen (secondary N) is 1. The highest BCUT2D eigenvalue weighted by atomic mass is 79.9. The van der Waals surface area contributed by atoms with Crippen molar-refractivity contribution in [2.24, 2.45) is 5.73 Å². The van der Waals surface area contributed by atoms with E-state index in [2.05, 4.69) is 26.2 Å². The van der Waals surface area contributed by atoms with E-state index in [1.54, 1.807) is 17.1 Å². The summed E-state index contributed by atoms with van der Waals surface area (Å²) in [6.07, 6.45) is 3.36. The minimum absolute atomic E-state index is 0.108. The van der Waals surface area contributed by atoms with Crippen LogP contribution in [-0.2, 0) is 17.9 Å². The minimum atomic E-state index is -0.108. The van der Waals surface area contributed by atoms with Crippen LogP contribution in [0.2, 0.25) is 0 Å². The van der Waals surface area contributed by atoms with Crippen molar-refractivity contribution in [3.8, 4) is 0 Å². The molecule has 0 fully saturated rings. The van der Waals surface area contributed by atoms with E-state index in [-0.39, 0.29) is 12.5 Å². The molecule has 0 radical (unpaired) electrons. The Bertz CT molecular complexity index is 553. The maximum absolute atomic E-state index is 11.8. The second kappa shape index (κ2) is 5.79. The first-order valence-corrected chi connectivity index (χ1v) is 6.23. The van der Waals surface area contributed by atoms with Crippen LogP contribution in [0.3, 0.4) is 0 Å². The van der Waals surface area contributed by atoms with Gasteiger partial charge in [0, 0.05) is 17.2 Å². The molecular formula is C12H13BrN4O. The number of benzene rings is 1. The van der Waals surface area contributed by atoms with E-state index in [9.17, 15) is 4.79 Å². The van der Waals surface area contributed by atoms with E-state index in [4.69, 9.17) is 5.73 Å². The van der Waals surface area contributed by atoms with Gasteiger partial charge in [0.15, 0.2) is 0 Å². The molecule has 0 aliphatic carbocycles. The van der Waals surface area contributed by atoms with Gasteiger partial charge in [-0.2, -0.15) is 0 Å². The molecule has 0 unspecified atom stereocenters. The molecule has 94 valence electrons. The van der Waals surface area contributed by atoms with Crippen LogP contribution in [0.1, 0.15) is 5.69 Å². The van der Waals surface area contributed by atoms with Crippen LogP contribution >= 0.6 is 15.9 Å². The Morgan fingerprint density at radius 1 is 1.44 bits per heavy atom. The number of aromatic nitrogens is 2. The van der Waals surface area contributed by atoms with Crippen molar-refractivity contribution in [2.75, 3.05) is 5.32 Å². The number of nitrogens with zero attached hydrogens (tertiary/aromatic N) is 2. The molecule has 0 atom stereocenters. The van der Waals surface area contributed by atoms with Gasteiger partial charge in [-0.15, -0.1) is 0 Å². The SMILES string of the molecule is NCc1cn(CC(=O)Nc2ccccc2Br)cn1. The summed E-state index contributed by atoms with van der Waals surface area (Å²) in [6, 6.07) is 7.47. The number of para-hydroxylation sites is 1. The number of hydrogen-bond acceptors (Lipinski definition) is 3. The van der Waals surface area contributed by atoms with E-state index in [1.165, 1.54) is 0 Å². The molecule has 1 amide bonds. The number of anilines is 1. The molecule has 0 aliphatic rings. The highest BCUT2D eigenvalue weighted by Crippen LogP contribution is 2.20. The fraction of sp³-hybridized carbons (Fsp3) is 0.167. The predicted molar refractivity (Wildman–Crippen MR) is 72.9 cm³/mol. The van der Waals surface area contributed by atoms with Crippen LogP contribution in [0, 0.1) is 0 Å². The molecule has 0 saturated carbocycles. The van der Waals surface area contributed by atoms with Crippen LogP contribution in [0.25, 0.3) is 0 Å². The molecule has 2 rings (SSSR count). The number of carbonyl (C=O) groups excluding carboxylic acids is 1. The number of halogens is 1. The number of carbonyl (C=O) groups is 1. The molecule has 5 nitrogen and oxygen atoms in total. The summed E-state index contributed by atoms with van der Waals surface area (Å²) in [7, 11) is 0. The van der Waals surface area contributed by atoms with Crippen LogP contribution in [-0.4, -0.2) is 15.5 Å². The third kappa shape index (κ3) is 3.18. The van der Waals surface area contributed by atoms with Gasteiger partial charge in [-0.3, -0.25) is 4.79 Å². The molecule has 0 aliphatic heterocycles. The molecule has 6 heteroatoms. The molecular weight excluding hydrogens is 296 g/mol. The monoisotopic (exact) mass is 308 g/mol. The van der Waals surface area contributed by atoms with E-state index >= 15 is 0 Å². The fourth-order valence-corrected chi connectivity index (χ4v) is 1.90. The summed E-state index contributed by atoms with van der Waals surface area (Å²) in [5, 5.41) is 2.82. The fourth-order valence-electron chi connectivity index (χ4n) is 1.52. The number of imidazole rings is 1. The lowest BCUT2D eigenvalue weighted by Gasteiger charge is -2.07. The van der Waals surface area contributed by atoms with Crippen molar-refractivity contribution in [1.82, 2.24) is 9.55 Å². The van der Waals surface area contributed by atoms with Crippen LogP contribution < -0.4 is 11.1 Å². The van der Waals surface area contributed by atoms with Gasteiger partial charge < -0.3 is 15.6 Å². The predicted octanol–water partition coefficient (Wildman–Crippen LogP) is 1.74. The highest BCUT2D eigenvalue weighted by molar-refractivity contribution is 9.10. The zero-order chi connectivity index (χ0) is 13.0. The van der Waals surface area contributed by atoms with Gasteiger partial charge in [-0.25, -0.2) is 4.98 Å². The third-order valence-electron chi connectivity index (χ3n) is 2.37. The number of hydrogen-bond donors (Lipinski definition) is 2. The minimum Gasteiger partial charge on any atom is -0.328 e. The van der Waals surface area contributed by atoms with Gasteiger partial charge in [0.05, 0.1) is 17.7 Å². The van der Waals surface area contributed by atoms with Crippen molar-refractivity contribution in [3.63, 3.8) is 0 Å². The molecule has 1 aromatic carbocycles. The first-order valence-electron chi connectivity index (χ1n) is 5.44. The second-order valence-electron chi connectivity index (χ2n) is 3.77. The van der Waals surface area contributed by atoms with Crippen LogP contribution in [0.4, 0.5) is 5.69 Å². The molecule has 2 aromatic rings. The van der Waals surface area contributed by atoms with Gasteiger partial charge in [0.1, 0.15) is 6.54 Å². The molecule has 18 heavy (non-hydrogen) atoms. The zero-order valence-corrected chi connectivity index (χ0v) is 11.2. The quantitative estimate of drug-likeness (QED) is 0.903. The molecule has 1 heterocycles. The Morgan fingerprint density at radius 2 is 2.22 bits per heavy atom. The first kappa shape index (κ1) is 12.8. The Morgan fingerprint density at radius 3 is 2.89 bits per heavy atom. The van der Waals surface area contributed by atoms with Crippen molar-refractivity contribution in [2.45, 2.75) is 13.1 Å². The average molecular weight is 309 g/mol. The Hall–Kier alpha value is -1.66. The van der Waals surface area contributed by atoms with Crippen LogP contribution in [0.15, 0.2) is 41.3 Å². The van der Waals surface area contributed by atoms with E-state index in [0.29, 0.717) is 6.54 Å². The largest absolute Gasteiger partial charge is 0.328 e. The maximum atomic E-state index is 11.8. The Balaban J connectivity index is 1.99. The summed E-state index contributed by atoms with van der Waals surface area (Å²) in [5.41, 5.74) is 6.97. The molecule has 3 N–H and O–H groups in total. The molecule has 0 bridgehead atoms. The third-order valence-corrected chi connectivity index (χ3v) is 3.06. The standard InChI is InChI=1S/C12H13BrN4O/c13-10-3-1-2-4-11(10)16-12(18)7-17-6-9(5-14)15-8-17/h1-4,6,8H,5,7,14H2,(H,16,18).